The number of nitrogens with zero attached hydrogens (tertiary/aromatic N) is 1. The van der Waals surface area contributed by atoms with Crippen molar-refractivity contribution >= 4 is 21.9 Å². The first-order valence-electron chi connectivity index (χ1n) is 12.1. The number of alkyl halides is 1. The molecule has 37 heavy (non-hydrogen) atoms. The van der Waals surface area contributed by atoms with Crippen LogP contribution in [-0.4, -0.2) is 60.8 Å². The zero-order valence-corrected chi connectivity index (χ0v) is 21.5. The van der Waals surface area contributed by atoms with Crippen LogP contribution in [0.5, 0.6) is 0 Å². The number of carbonyl (C=O) groups excluding carboxylic acids is 2. The number of carbonyl (C=O) groups is 2. The topological polar surface area (TPSA) is 92.8 Å². The first-order valence-corrected chi connectivity index (χ1v) is 13.7. The second kappa shape index (κ2) is 10.1. The Hall–Kier alpha value is -2.92. The molecule has 0 aromatic heterocycles. The fourth-order valence-electron chi connectivity index (χ4n) is 5.33. The summed E-state index contributed by atoms with van der Waals surface area (Å²) in [5.74, 6) is -3.18. The summed E-state index contributed by atoms with van der Waals surface area (Å²) in [6.07, 6.45) is -1.84. The number of piperidine rings is 2. The molecule has 2 aliphatic heterocycles. The molecule has 11 heteroatoms. The molecule has 3 aliphatic rings. The Morgan fingerprint density at radius 1 is 1.19 bits per heavy atom. The molecule has 2 aromatic carbocycles. The van der Waals surface area contributed by atoms with Gasteiger partial charge in [-0.2, -0.15) is 0 Å². The Kier molecular flexibility index (Phi) is 7.40. The van der Waals surface area contributed by atoms with Gasteiger partial charge in [0, 0.05) is 31.4 Å². The molecule has 1 amide bonds. The molecule has 2 saturated heterocycles. The van der Waals surface area contributed by atoms with Crippen LogP contribution >= 0.6 is 0 Å². The van der Waals surface area contributed by atoms with Gasteiger partial charge in [0.25, 0.3) is 5.91 Å². The highest BCUT2D eigenvalue weighted by atomic mass is 32.2. The summed E-state index contributed by atoms with van der Waals surface area (Å²) >= 11 is 0. The number of esters is 1. The molecule has 2 unspecified atom stereocenters. The summed E-state index contributed by atoms with van der Waals surface area (Å²) in [5, 5.41) is 0. The average molecular weight is 539 g/mol. The normalized spacial score (nSPS) is 25.8. The van der Waals surface area contributed by atoms with Crippen molar-refractivity contribution in [1.29, 1.82) is 0 Å². The van der Waals surface area contributed by atoms with Crippen molar-refractivity contribution in [3.63, 3.8) is 0 Å². The van der Waals surface area contributed by atoms with E-state index in [9.17, 15) is 22.4 Å². The minimum absolute atomic E-state index is 0.0108. The number of ether oxygens (including phenoxy) is 1. The number of hydrogen-bond acceptors (Lipinski definition) is 5. The van der Waals surface area contributed by atoms with Crippen LogP contribution in [0, 0.1) is 11.6 Å². The standard InChI is InChI=1S/C26H29F3N2O5S/c1-4-37(34,35)30-24-22(31(20-13-26(24,29)14-20)25(33)15(2)36-16(3)32)11-18-10-19(27)12-21(23(18)28)17-8-6-5-7-9-17/h5-10,12,15,20,22,24,30H,4,11,13-14H2,1-3H3/t15-,20?,22?,24?,26?/m1/s1. The van der Waals surface area contributed by atoms with Crippen LogP contribution in [0.2, 0.25) is 0 Å². The lowest BCUT2D eigenvalue weighted by atomic mass is 9.64. The molecular weight excluding hydrogens is 509 g/mol. The Balaban J connectivity index is 1.78. The van der Waals surface area contributed by atoms with Crippen LogP contribution in [0.25, 0.3) is 11.1 Å². The fourth-order valence-corrected chi connectivity index (χ4v) is 6.25. The molecule has 3 atom stereocenters. The van der Waals surface area contributed by atoms with Crippen molar-refractivity contribution < 1.29 is 35.9 Å². The smallest absolute Gasteiger partial charge is 0.303 e. The lowest BCUT2D eigenvalue weighted by Crippen LogP contribution is -2.77. The lowest BCUT2D eigenvalue weighted by molar-refractivity contribution is -0.179. The van der Waals surface area contributed by atoms with Gasteiger partial charge in [0.1, 0.15) is 17.3 Å². The van der Waals surface area contributed by atoms with Crippen molar-refractivity contribution in [3.05, 3.63) is 59.7 Å². The van der Waals surface area contributed by atoms with Gasteiger partial charge in [-0.25, -0.2) is 26.3 Å². The highest BCUT2D eigenvalue weighted by Crippen LogP contribution is 2.50. The maximum atomic E-state index is 15.9. The molecule has 1 N–H and O–H groups in total. The molecule has 2 bridgehead atoms. The van der Waals surface area contributed by atoms with Gasteiger partial charge in [0.05, 0.1) is 17.8 Å². The largest absolute Gasteiger partial charge is 0.453 e. The van der Waals surface area contributed by atoms with Gasteiger partial charge >= 0.3 is 5.97 Å². The number of rotatable bonds is 8. The number of sulfonamides is 1. The Labute approximate surface area is 214 Å². The van der Waals surface area contributed by atoms with Crippen molar-refractivity contribution in [3.8, 4) is 11.1 Å². The van der Waals surface area contributed by atoms with E-state index in [1.807, 2.05) is 0 Å². The van der Waals surface area contributed by atoms with E-state index in [-0.39, 0.29) is 36.1 Å². The quantitative estimate of drug-likeness (QED) is 0.520. The maximum Gasteiger partial charge on any atom is 0.303 e. The zero-order valence-electron chi connectivity index (χ0n) is 20.7. The summed E-state index contributed by atoms with van der Waals surface area (Å²) in [6.45, 7) is 3.88. The summed E-state index contributed by atoms with van der Waals surface area (Å²) in [7, 11) is -3.93. The van der Waals surface area contributed by atoms with Crippen molar-refractivity contribution in [2.75, 3.05) is 5.75 Å². The predicted molar refractivity (Wildman–Crippen MR) is 131 cm³/mol. The number of hydrogen-bond donors (Lipinski definition) is 1. The van der Waals surface area contributed by atoms with Crippen LogP contribution in [0.4, 0.5) is 13.2 Å². The Morgan fingerprint density at radius 2 is 1.84 bits per heavy atom. The number of benzene rings is 2. The second-order valence-corrected chi connectivity index (χ2v) is 11.7. The fraction of sp³-hybridized carbons (Fsp3) is 0.462. The van der Waals surface area contributed by atoms with E-state index < -0.39 is 63.4 Å². The number of nitrogens with one attached hydrogen (secondary N) is 1. The van der Waals surface area contributed by atoms with E-state index >= 15 is 8.78 Å². The monoisotopic (exact) mass is 538 g/mol. The first kappa shape index (κ1) is 27.1. The van der Waals surface area contributed by atoms with Crippen molar-refractivity contribution in [2.45, 2.75) is 69.9 Å². The number of amides is 1. The number of fused-ring (bicyclic) bond motifs is 2. The van der Waals surface area contributed by atoms with E-state index in [2.05, 4.69) is 4.72 Å². The third kappa shape index (κ3) is 5.38. The summed E-state index contributed by atoms with van der Waals surface area (Å²) in [5.41, 5.74) is -1.69. The minimum Gasteiger partial charge on any atom is -0.453 e. The van der Waals surface area contributed by atoms with Crippen LogP contribution in [0.15, 0.2) is 42.5 Å². The van der Waals surface area contributed by atoms with Crippen LogP contribution in [0.1, 0.15) is 39.2 Å². The zero-order chi connectivity index (χ0) is 27.1. The number of halogens is 3. The Bertz CT molecular complexity index is 1300. The minimum atomic E-state index is -3.93. The molecule has 1 saturated carbocycles. The van der Waals surface area contributed by atoms with E-state index in [4.69, 9.17) is 4.74 Å². The average Bonchev–Trinajstić information content (AvgIpc) is 2.82. The van der Waals surface area contributed by atoms with E-state index in [0.717, 1.165) is 19.1 Å². The van der Waals surface area contributed by atoms with Gasteiger partial charge in [-0.3, -0.25) is 9.59 Å². The van der Waals surface area contributed by atoms with E-state index in [0.29, 0.717) is 5.56 Å². The molecule has 2 heterocycles. The van der Waals surface area contributed by atoms with Gasteiger partial charge in [0.2, 0.25) is 10.0 Å². The van der Waals surface area contributed by atoms with Gasteiger partial charge in [-0.1, -0.05) is 30.3 Å². The van der Waals surface area contributed by atoms with Gasteiger partial charge in [-0.15, -0.1) is 0 Å². The molecule has 7 nitrogen and oxygen atoms in total. The van der Waals surface area contributed by atoms with E-state index in [1.165, 1.54) is 18.7 Å². The van der Waals surface area contributed by atoms with Crippen LogP contribution in [0.3, 0.4) is 0 Å². The highest BCUT2D eigenvalue weighted by molar-refractivity contribution is 7.89. The van der Waals surface area contributed by atoms with Crippen molar-refractivity contribution in [1.82, 2.24) is 9.62 Å². The summed E-state index contributed by atoms with van der Waals surface area (Å²) in [6, 6.07) is 7.12. The molecule has 0 radical (unpaired) electrons. The van der Waals surface area contributed by atoms with Gasteiger partial charge < -0.3 is 9.64 Å². The van der Waals surface area contributed by atoms with Crippen molar-refractivity contribution in [2.24, 2.45) is 0 Å². The third-order valence-electron chi connectivity index (χ3n) is 7.10. The SMILES string of the molecule is CCS(=O)(=O)NC1C(Cc2cc(F)cc(-c3ccccc3)c2F)N(C(=O)[C@@H](C)OC(C)=O)C2CC1(F)C2. The van der Waals surface area contributed by atoms with Crippen LogP contribution in [-0.2, 0) is 30.8 Å². The molecule has 200 valence electrons. The van der Waals surface area contributed by atoms with Crippen LogP contribution < -0.4 is 4.72 Å². The van der Waals surface area contributed by atoms with Gasteiger partial charge in [-0.05, 0) is 43.5 Å². The highest BCUT2D eigenvalue weighted by Gasteiger charge is 2.63. The third-order valence-corrected chi connectivity index (χ3v) is 8.47. The summed E-state index contributed by atoms with van der Waals surface area (Å²) in [4.78, 5) is 26.1. The second-order valence-electron chi connectivity index (χ2n) is 9.66. The molecule has 2 aromatic rings. The van der Waals surface area contributed by atoms with Gasteiger partial charge in [0.15, 0.2) is 6.10 Å². The molecule has 3 fully saturated rings. The maximum absolute atomic E-state index is 15.9. The lowest BCUT2D eigenvalue weighted by Gasteiger charge is -2.61. The molecular formula is C26H29F3N2O5S. The molecule has 1 aliphatic carbocycles. The predicted octanol–water partition coefficient (Wildman–Crippen LogP) is 3.52. The molecule has 5 rings (SSSR count). The first-order chi connectivity index (χ1) is 17.3. The summed E-state index contributed by atoms with van der Waals surface area (Å²) < 4.78 is 78.7. The Morgan fingerprint density at radius 3 is 2.43 bits per heavy atom. The van der Waals surface area contributed by atoms with E-state index in [1.54, 1.807) is 30.3 Å². The molecule has 0 spiro atoms.